The van der Waals surface area contributed by atoms with E-state index in [4.69, 9.17) is 9.47 Å². The number of hydrogen-bond donors (Lipinski definition) is 0. The smallest absolute Gasteiger partial charge is 0.349 e. The van der Waals surface area contributed by atoms with Crippen molar-refractivity contribution in [2.75, 3.05) is 13.6 Å². The number of aromatic nitrogens is 2. The molecule has 2 aromatic carbocycles. The van der Waals surface area contributed by atoms with Crippen molar-refractivity contribution in [3.63, 3.8) is 0 Å². The van der Waals surface area contributed by atoms with Gasteiger partial charge in [-0.05, 0) is 78.7 Å². The lowest BCUT2D eigenvalue weighted by Crippen LogP contribution is -2.49. The number of thiophene rings is 1. The first-order chi connectivity index (χ1) is 17.4. The molecule has 180 valence electrons. The van der Waals surface area contributed by atoms with Crippen LogP contribution in [0.15, 0.2) is 72.1 Å². The fraction of sp³-hybridized carbons (Fsp3) is 0.214. The lowest BCUT2D eigenvalue weighted by atomic mass is 9.84. The fourth-order valence-electron chi connectivity index (χ4n) is 4.99. The number of benzene rings is 2. The van der Waals surface area contributed by atoms with Gasteiger partial charge in [0.15, 0.2) is 0 Å². The maximum atomic E-state index is 12.6. The van der Waals surface area contributed by atoms with Crippen LogP contribution in [-0.2, 0) is 25.0 Å². The first kappa shape index (κ1) is 22.6. The molecule has 0 saturated carbocycles. The van der Waals surface area contributed by atoms with Crippen LogP contribution in [0.5, 0.6) is 0 Å². The molecule has 0 saturated heterocycles. The first-order valence-corrected chi connectivity index (χ1v) is 12.6. The summed E-state index contributed by atoms with van der Waals surface area (Å²) in [5.74, 6) is -2.99. The zero-order valence-electron chi connectivity index (χ0n) is 19.8. The number of rotatable bonds is 2. The molecule has 8 heteroatoms. The standard InChI is InChI=1S/C28H23N3O4S/c1-17-3-7-24(30-29-17)19-4-6-22-21(18-5-8-25-20(15-18)12-14-36-25)11-13-31(2)28(23(22)16-19)34-26(32)9-10-27(33)35-28/h3-10,12,14-16,21H,11,13H2,1-2H3. The summed E-state index contributed by atoms with van der Waals surface area (Å²) < 4.78 is 13.0. The monoisotopic (exact) mass is 497 g/mol. The van der Waals surface area contributed by atoms with E-state index in [0.29, 0.717) is 17.8 Å². The van der Waals surface area contributed by atoms with E-state index in [0.717, 1.165) is 41.0 Å². The van der Waals surface area contributed by atoms with E-state index in [9.17, 15) is 9.59 Å². The average molecular weight is 498 g/mol. The van der Waals surface area contributed by atoms with Gasteiger partial charge in [-0.15, -0.1) is 11.3 Å². The lowest BCUT2D eigenvalue weighted by Gasteiger charge is -2.38. The van der Waals surface area contributed by atoms with E-state index in [1.54, 1.807) is 23.3 Å². The second-order valence-corrected chi connectivity index (χ2v) is 10.0. The molecule has 7 nitrogen and oxygen atoms in total. The molecular weight excluding hydrogens is 474 g/mol. The summed E-state index contributed by atoms with van der Waals surface area (Å²) in [5.41, 5.74) is 4.95. The molecule has 0 radical (unpaired) electrons. The number of hydrogen-bond acceptors (Lipinski definition) is 8. The topological polar surface area (TPSA) is 81.6 Å². The third-order valence-electron chi connectivity index (χ3n) is 6.83. The van der Waals surface area contributed by atoms with E-state index in [1.807, 2.05) is 37.3 Å². The summed E-state index contributed by atoms with van der Waals surface area (Å²) in [6.07, 6.45) is 2.95. The number of aryl methyl sites for hydroxylation is 1. The minimum absolute atomic E-state index is 0.00195. The van der Waals surface area contributed by atoms with Gasteiger partial charge in [0, 0.05) is 34.9 Å². The highest BCUT2D eigenvalue weighted by molar-refractivity contribution is 7.17. The molecule has 1 unspecified atom stereocenters. The van der Waals surface area contributed by atoms with E-state index < -0.39 is 17.8 Å². The first-order valence-electron chi connectivity index (χ1n) is 11.7. The Kier molecular flexibility index (Phi) is 5.43. The van der Waals surface area contributed by atoms with Crippen LogP contribution in [0.1, 0.15) is 34.7 Å². The van der Waals surface area contributed by atoms with Crippen molar-refractivity contribution in [2.24, 2.45) is 0 Å². The molecule has 2 aliphatic rings. The predicted molar refractivity (Wildman–Crippen MR) is 136 cm³/mol. The van der Waals surface area contributed by atoms with E-state index >= 15 is 0 Å². The molecule has 4 aromatic rings. The Labute approximate surface area is 212 Å². The number of carbonyl (C=O) groups is 2. The third-order valence-corrected chi connectivity index (χ3v) is 7.73. The molecule has 2 aromatic heterocycles. The number of esters is 2. The van der Waals surface area contributed by atoms with Crippen molar-refractivity contribution in [3.05, 3.63) is 94.5 Å². The second-order valence-electron chi connectivity index (χ2n) is 9.10. The van der Waals surface area contributed by atoms with Crippen LogP contribution in [0.3, 0.4) is 0 Å². The van der Waals surface area contributed by atoms with Crippen molar-refractivity contribution in [1.82, 2.24) is 15.1 Å². The molecule has 0 aliphatic carbocycles. The van der Waals surface area contributed by atoms with Crippen LogP contribution >= 0.6 is 11.3 Å². The molecule has 0 fully saturated rings. The Balaban J connectivity index is 1.57. The molecular formula is C28H23N3O4S. The van der Waals surface area contributed by atoms with Crippen LogP contribution in [0.2, 0.25) is 0 Å². The van der Waals surface area contributed by atoms with E-state index in [1.165, 1.54) is 10.1 Å². The van der Waals surface area contributed by atoms with Gasteiger partial charge in [-0.3, -0.25) is 0 Å². The van der Waals surface area contributed by atoms with E-state index in [2.05, 4.69) is 39.8 Å². The van der Waals surface area contributed by atoms with Crippen molar-refractivity contribution >= 4 is 33.4 Å². The second kappa shape index (κ2) is 8.65. The van der Waals surface area contributed by atoms with Crippen LogP contribution in [0, 0.1) is 6.92 Å². The number of nitrogens with zero attached hydrogens (tertiary/aromatic N) is 3. The third kappa shape index (κ3) is 3.79. The quantitative estimate of drug-likeness (QED) is 0.364. The largest absolute Gasteiger partial charge is 0.401 e. The summed E-state index contributed by atoms with van der Waals surface area (Å²) in [7, 11) is 1.80. The summed E-state index contributed by atoms with van der Waals surface area (Å²) in [6, 6.07) is 18.3. The molecule has 0 bridgehead atoms. The molecule has 2 aliphatic heterocycles. The highest BCUT2D eigenvalue weighted by Crippen LogP contribution is 2.45. The normalized spacial score (nSPS) is 19.4. The Morgan fingerprint density at radius 2 is 1.78 bits per heavy atom. The molecule has 4 heterocycles. The van der Waals surface area contributed by atoms with Gasteiger partial charge in [-0.2, -0.15) is 10.2 Å². The van der Waals surface area contributed by atoms with Crippen LogP contribution in [-0.4, -0.2) is 40.6 Å². The van der Waals surface area contributed by atoms with Gasteiger partial charge < -0.3 is 9.47 Å². The van der Waals surface area contributed by atoms with Gasteiger partial charge in [0.25, 0.3) is 0 Å². The van der Waals surface area contributed by atoms with Crippen LogP contribution in [0.4, 0.5) is 0 Å². The molecule has 0 amide bonds. The fourth-order valence-corrected chi connectivity index (χ4v) is 5.76. The SMILES string of the molecule is Cc1ccc(-c2ccc3c(c2)C2(OC(=O)C=CC(=O)O2)N(C)CCC3c2ccc3sccc3c2)nn1. The van der Waals surface area contributed by atoms with Crippen LogP contribution in [0.25, 0.3) is 21.3 Å². The molecule has 0 N–H and O–H groups in total. The van der Waals surface area contributed by atoms with Crippen molar-refractivity contribution in [2.45, 2.75) is 25.2 Å². The van der Waals surface area contributed by atoms with Crippen molar-refractivity contribution < 1.29 is 19.1 Å². The highest BCUT2D eigenvalue weighted by Gasteiger charge is 2.50. The number of carbonyl (C=O) groups excluding carboxylic acids is 2. The Bertz CT molecular complexity index is 1510. The van der Waals surface area contributed by atoms with Gasteiger partial charge in [0.05, 0.1) is 17.0 Å². The summed E-state index contributed by atoms with van der Waals surface area (Å²) in [6.45, 7) is 2.41. The Morgan fingerprint density at radius 1 is 0.972 bits per heavy atom. The van der Waals surface area contributed by atoms with Gasteiger partial charge >= 0.3 is 17.8 Å². The van der Waals surface area contributed by atoms with Crippen molar-refractivity contribution in [1.29, 1.82) is 0 Å². The van der Waals surface area contributed by atoms with Crippen LogP contribution < -0.4 is 0 Å². The van der Waals surface area contributed by atoms with Gasteiger partial charge in [-0.1, -0.05) is 18.2 Å². The zero-order valence-corrected chi connectivity index (χ0v) is 20.6. The molecule has 6 rings (SSSR count). The van der Waals surface area contributed by atoms with Crippen molar-refractivity contribution in [3.8, 4) is 11.3 Å². The summed E-state index contributed by atoms with van der Waals surface area (Å²) in [4.78, 5) is 27.1. The minimum Gasteiger partial charge on any atom is -0.401 e. The molecule has 1 spiro atoms. The average Bonchev–Trinajstić information content (AvgIpc) is 3.25. The lowest BCUT2D eigenvalue weighted by molar-refractivity contribution is -0.285. The van der Waals surface area contributed by atoms with Gasteiger partial charge in [0.1, 0.15) is 0 Å². The maximum Gasteiger partial charge on any atom is 0.349 e. The van der Waals surface area contributed by atoms with Gasteiger partial charge in [0.2, 0.25) is 0 Å². The minimum atomic E-state index is -1.71. The summed E-state index contributed by atoms with van der Waals surface area (Å²) >= 11 is 1.71. The predicted octanol–water partition coefficient (Wildman–Crippen LogP) is 4.90. The maximum absolute atomic E-state index is 12.6. The highest BCUT2D eigenvalue weighted by atomic mass is 32.1. The Hall–Kier alpha value is -3.88. The zero-order chi connectivity index (χ0) is 24.9. The Morgan fingerprint density at radius 3 is 2.53 bits per heavy atom. The number of ether oxygens (including phenoxy) is 2. The molecule has 36 heavy (non-hydrogen) atoms. The van der Waals surface area contributed by atoms with Gasteiger partial charge in [-0.25, -0.2) is 14.5 Å². The number of fused-ring (bicyclic) bond motifs is 3. The van der Waals surface area contributed by atoms with E-state index in [-0.39, 0.29) is 5.92 Å². The summed E-state index contributed by atoms with van der Waals surface area (Å²) in [5, 5.41) is 11.8. The molecule has 1 atom stereocenters.